The third kappa shape index (κ3) is 9.11. The molecule has 0 aliphatic carbocycles. The minimum absolute atomic E-state index is 0.0351. The molecule has 0 N–H and O–H groups in total. The molecule has 0 radical (unpaired) electrons. The van der Waals surface area contributed by atoms with Crippen molar-refractivity contribution in [3.8, 4) is 28.7 Å². The van der Waals surface area contributed by atoms with Crippen molar-refractivity contribution in [1.29, 1.82) is 0 Å². The van der Waals surface area contributed by atoms with Crippen molar-refractivity contribution in [2.24, 2.45) is 11.8 Å². The maximum Gasteiger partial charge on any atom is 0.453 e. The lowest BCUT2D eigenvalue weighted by atomic mass is 10.1. The molecule has 0 bridgehead atoms. The van der Waals surface area contributed by atoms with Crippen LogP contribution in [0.15, 0.2) is 69.9 Å². The average Bonchev–Trinajstić information content (AvgIpc) is 3.01. The number of carbonyl (C=O) groups excluding carboxylic acids is 1. The first kappa shape index (κ1) is 36.4. The van der Waals surface area contributed by atoms with Gasteiger partial charge in [0, 0.05) is 30.7 Å². The van der Waals surface area contributed by atoms with Crippen LogP contribution >= 0.6 is 11.6 Å². The molecule has 0 spiro atoms. The summed E-state index contributed by atoms with van der Waals surface area (Å²) >= 11 is 5.91. The topological polar surface area (TPSA) is 87.4 Å². The van der Waals surface area contributed by atoms with Crippen LogP contribution in [-0.2, 0) is 17.5 Å². The van der Waals surface area contributed by atoms with E-state index in [0.717, 1.165) is 0 Å². The second kappa shape index (κ2) is 15.6. The molecule has 0 saturated carbocycles. The smallest absolute Gasteiger partial charge is 0.453 e. The Kier molecular flexibility index (Phi) is 11.8. The SMILES string of the molecule is COc1ccc(/C=C/C(=O)Oc2ccc3c(=O)c(Oc4ccc(Cl)cc4)c(C(F)(F)F)oc3c2CN(CC(C)C)CC(C)C)cc1OC. The van der Waals surface area contributed by atoms with Gasteiger partial charge in [-0.3, -0.25) is 9.69 Å². The monoisotopic (exact) mass is 687 g/mol. The summed E-state index contributed by atoms with van der Waals surface area (Å²) in [4.78, 5) is 28.8. The van der Waals surface area contributed by atoms with Crippen molar-refractivity contribution >= 4 is 34.6 Å². The highest BCUT2D eigenvalue weighted by molar-refractivity contribution is 6.30. The first-order chi connectivity index (χ1) is 22.7. The van der Waals surface area contributed by atoms with E-state index >= 15 is 0 Å². The van der Waals surface area contributed by atoms with Crippen molar-refractivity contribution < 1.29 is 41.3 Å². The van der Waals surface area contributed by atoms with Gasteiger partial charge in [-0.05, 0) is 72.0 Å². The highest BCUT2D eigenvalue weighted by atomic mass is 35.5. The summed E-state index contributed by atoms with van der Waals surface area (Å²) in [5.41, 5.74) is -0.674. The third-order valence-corrected chi connectivity index (χ3v) is 7.28. The maximum absolute atomic E-state index is 14.5. The number of esters is 1. The lowest BCUT2D eigenvalue weighted by Crippen LogP contribution is -2.31. The van der Waals surface area contributed by atoms with Gasteiger partial charge >= 0.3 is 12.1 Å². The van der Waals surface area contributed by atoms with Crippen molar-refractivity contribution in [1.82, 2.24) is 4.90 Å². The summed E-state index contributed by atoms with van der Waals surface area (Å²) in [7, 11) is 2.99. The molecular formula is C36H37ClF3NO7. The Morgan fingerprint density at radius 2 is 1.54 bits per heavy atom. The Morgan fingerprint density at radius 1 is 0.917 bits per heavy atom. The first-order valence-corrected chi connectivity index (χ1v) is 15.6. The van der Waals surface area contributed by atoms with Crippen LogP contribution in [0.3, 0.4) is 0 Å². The van der Waals surface area contributed by atoms with Gasteiger partial charge in [-0.15, -0.1) is 0 Å². The fourth-order valence-electron chi connectivity index (χ4n) is 5.15. The number of alkyl halides is 3. The largest absolute Gasteiger partial charge is 0.493 e. The number of fused-ring (bicyclic) bond motifs is 1. The second-order valence-corrected chi connectivity index (χ2v) is 12.3. The number of hydrogen-bond acceptors (Lipinski definition) is 8. The molecule has 0 saturated heterocycles. The van der Waals surface area contributed by atoms with E-state index in [1.807, 2.05) is 32.6 Å². The highest BCUT2D eigenvalue weighted by Gasteiger charge is 2.41. The van der Waals surface area contributed by atoms with Crippen LogP contribution in [-0.4, -0.2) is 38.2 Å². The van der Waals surface area contributed by atoms with Gasteiger partial charge in [-0.2, -0.15) is 13.2 Å². The maximum atomic E-state index is 14.5. The molecule has 3 aromatic carbocycles. The number of benzene rings is 3. The van der Waals surface area contributed by atoms with Crippen LogP contribution in [0.1, 0.15) is 44.6 Å². The predicted molar refractivity (Wildman–Crippen MR) is 178 cm³/mol. The van der Waals surface area contributed by atoms with Gasteiger partial charge in [0.05, 0.1) is 25.2 Å². The summed E-state index contributed by atoms with van der Waals surface area (Å²) in [6.45, 7) is 9.24. The number of methoxy groups -OCH3 is 2. The summed E-state index contributed by atoms with van der Waals surface area (Å²) < 4.78 is 70.7. The molecule has 1 aromatic heterocycles. The van der Waals surface area contributed by atoms with Crippen LogP contribution in [0.2, 0.25) is 5.02 Å². The number of nitrogens with zero attached hydrogens (tertiary/aromatic N) is 1. The third-order valence-electron chi connectivity index (χ3n) is 7.03. The van der Waals surface area contributed by atoms with Gasteiger partial charge in [-0.25, -0.2) is 4.79 Å². The van der Waals surface area contributed by atoms with Crippen LogP contribution < -0.4 is 24.4 Å². The molecule has 0 amide bonds. The van der Waals surface area contributed by atoms with Gasteiger partial charge in [0.15, 0.2) is 11.5 Å². The standard InChI is InChI=1S/C36H37ClF3NO7/c1-21(2)18-41(19-22(3)4)20-27-28(47-31(42)16-8-23-7-14-29(44-5)30(17-23)45-6)15-13-26-32(43)34(35(36(38,39)40)48-33(26)27)46-25-11-9-24(37)10-12-25/h7-17,21-22H,18-20H2,1-6H3/b16-8+. The minimum atomic E-state index is -5.10. The van der Waals surface area contributed by atoms with Crippen LogP contribution in [0.25, 0.3) is 17.0 Å². The highest BCUT2D eigenvalue weighted by Crippen LogP contribution is 2.40. The molecule has 4 aromatic rings. The average molecular weight is 688 g/mol. The van der Waals surface area contributed by atoms with Crippen LogP contribution in [0, 0.1) is 11.8 Å². The van der Waals surface area contributed by atoms with Crippen molar-refractivity contribution in [3.05, 3.63) is 92.8 Å². The fraction of sp³-hybridized carbons (Fsp3) is 0.333. The Bertz CT molecular complexity index is 1820. The zero-order valence-corrected chi connectivity index (χ0v) is 28.2. The van der Waals surface area contributed by atoms with Gasteiger partial charge in [0.25, 0.3) is 5.76 Å². The lowest BCUT2D eigenvalue weighted by molar-refractivity contribution is -0.154. The molecule has 1 heterocycles. The quantitative estimate of drug-likeness (QED) is 0.0782. The van der Waals surface area contributed by atoms with E-state index in [0.29, 0.717) is 35.2 Å². The summed E-state index contributed by atoms with van der Waals surface area (Å²) in [5.74, 6) is -2.17. The molecule has 8 nitrogen and oxygen atoms in total. The Hall–Kier alpha value is -4.48. The lowest BCUT2D eigenvalue weighted by Gasteiger charge is -2.27. The number of carbonyl (C=O) groups is 1. The number of hydrogen-bond donors (Lipinski definition) is 0. The van der Waals surface area contributed by atoms with Crippen molar-refractivity contribution in [2.45, 2.75) is 40.4 Å². The molecule has 4 rings (SSSR count). The summed E-state index contributed by atoms with van der Waals surface area (Å²) in [6.07, 6.45) is -2.43. The molecule has 12 heteroatoms. The molecule has 0 aliphatic heterocycles. The normalized spacial score (nSPS) is 12.0. The Labute approximate surface area is 281 Å². The van der Waals surface area contributed by atoms with E-state index in [-0.39, 0.29) is 46.4 Å². The molecule has 0 unspecified atom stereocenters. The van der Waals surface area contributed by atoms with Gasteiger partial charge in [0.1, 0.15) is 17.1 Å². The molecule has 0 atom stereocenters. The van der Waals surface area contributed by atoms with Gasteiger partial charge in [0.2, 0.25) is 11.2 Å². The van der Waals surface area contributed by atoms with Crippen molar-refractivity contribution in [3.63, 3.8) is 0 Å². The molecule has 256 valence electrons. The molecule has 48 heavy (non-hydrogen) atoms. The van der Waals surface area contributed by atoms with E-state index < -0.39 is 29.1 Å². The molecule has 0 fully saturated rings. The van der Waals surface area contributed by atoms with Crippen LogP contribution in [0.5, 0.6) is 28.7 Å². The van der Waals surface area contributed by atoms with E-state index in [4.69, 9.17) is 35.0 Å². The number of halogens is 4. The zero-order valence-electron chi connectivity index (χ0n) is 27.4. The van der Waals surface area contributed by atoms with E-state index in [1.165, 1.54) is 62.8 Å². The fourth-order valence-corrected chi connectivity index (χ4v) is 5.27. The molecule has 0 aliphatic rings. The van der Waals surface area contributed by atoms with Gasteiger partial charge in [-0.1, -0.05) is 45.4 Å². The predicted octanol–water partition coefficient (Wildman–Crippen LogP) is 9.01. The minimum Gasteiger partial charge on any atom is -0.493 e. The summed E-state index contributed by atoms with van der Waals surface area (Å²) in [6, 6.07) is 13.2. The number of rotatable bonds is 13. The van der Waals surface area contributed by atoms with Gasteiger partial charge < -0.3 is 23.4 Å². The first-order valence-electron chi connectivity index (χ1n) is 15.2. The molecular weight excluding hydrogens is 651 g/mol. The van der Waals surface area contributed by atoms with E-state index in [1.54, 1.807) is 18.2 Å². The zero-order chi connectivity index (χ0) is 35.2. The van der Waals surface area contributed by atoms with Crippen LogP contribution in [0.4, 0.5) is 13.2 Å². The second-order valence-electron chi connectivity index (χ2n) is 11.9. The summed E-state index contributed by atoms with van der Waals surface area (Å²) in [5, 5.41) is 0.165. The Morgan fingerprint density at radius 3 is 2.12 bits per heavy atom. The van der Waals surface area contributed by atoms with Crippen molar-refractivity contribution in [2.75, 3.05) is 27.3 Å². The Balaban J connectivity index is 1.84. The van der Waals surface area contributed by atoms with E-state index in [2.05, 4.69) is 0 Å². The number of ether oxygens (including phenoxy) is 4. The van der Waals surface area contributed by atoms with E-state index in [9.17, 15) is 22.8 Å².